The molecule has 0 spiro atoms. The first-order chi connectivity index (χ1) is 16.2. The summed E-state index contributed by atoms with van der Waals surface area (Å²) >= 11 is 0. The first-order valence-corrected chi connectivity index (χ1v) is 11.7. The fraction of sp³-hybridized carbons (Fsp3) is 0.120. The van der Waals surface area contributed by atoms with Gasteiger partial charge in [0, 0.05) is 30.6 Å². The predicted octanol–water partition coefficient (Wildman–Crippen LogP) is 4.35. The Hall–Kier alpha value is -3.82. The van der Waals surface area contributed by atoms with Gasteiger partial charge in [-0.1, -0.05) is 24.3 Å². The van der Waals surface area contributed by atoms with Gasteiger partial charge in [-0.05, 0) is 48.5 Å². The fourth-order valence-electron chi connectivity index (χ4n) is 3.42. The molecule has 0 aliphatic carbocycles. The number of anilines is 1. The lowest BCUT2D eigenvalue weighted by atomic mass is 10.1. The lowest BCUT2D eigenvalue weighted by Gasteiger charge is -2.12. The van der Waals surface area contributed by atoms with E-state index in [2.05, 4.69) is 5.32 Å². The van der Waals surface area contributed by atoms with Crippen LogP contribution in [-0.2, 0) is 10.0 Å². The molecule has 0 radical (unpaired) electrons. The van der Waals surface area contributed by atoms with Crippen molar-refractivity contribution < 1.29 is 26.8 Å². The van der Waals surface area contributed by atoms with Crippen LogP contribution in [0.4, 0.5) is 10.1 Å². The van der Waals surface area contributed by atoms with Crippen molar-refractivity contribution in [3.63, 3.8) is 0 Å². The molecule has 0 atom stereocenters. The van der Waals surface area contributed by atoms with Crippen LogP contribution in [0.1, 0.15) is 26.5 Å². The van der Waals surface area contributed by atoms with E-state index in [0.29, 0.717) is 16.7 Å². The van der Waals surface area contributed by atoms with E-state index < -0.39 is 21.6 Å². The lowest BCUT2D eigenvalue weighted by Crippen LogP contribution is -2.23. The lowest BCUT2D eigenvalue weighted by molar-refractivity contribution is 0.0997. The zero-order valence-electron chi connectivity index (χ0n) is 18.4. The minimum absolute atomic E-state index is 0.00397. The van der Waals surface area contributed by atoms with E-state index in [-0.39, 0.29) is 34.1 Å². The summed E-state index contributed by atoms with van der Waals surface area (Å²) in [7, 11) is -0.874. The molecule has 0 fully saturated rings. The van der Waals surface area contributed by atoms with Crippen molar-refractivity contribution in [1.82, 2.24) is 4.31 Å². The molecule has 0 aliphatic heterocycles. The molecule has 4 rings (SSSR count). The highest BCUT2D eigenvalue weighted by Crippen LogP contribution is 2.32. The van der Waals surface area contributed by atoms with Gasteiger partial charge in [-0.15, -0.1) is 0 Å². The average Bonchev–Trinajstić information content (AvgIpc) is 3.21. The third-order valence-electron chi connectivity index (χ3n) is 5.27. The van der Waals surface area contributed by atoms with Crippen molar-refractivity contribution in [3.8, 4) is 0 Å². The third-order valence-corrected chi connectivity index (χ3v) is 7.08. The Balaban J connectivity index is 1.64. The molecule has 0 saturated heterocycles. The van der Waals surface area contributed by atoms with E-state index in [4.69, 9.17) is 4.42 Å². The first kappa shape index (κ1) is 23.3. The number of hydrogen-bond donors (Lipinski definition) is 1. The summed E-state index contributed by atoms with van der Waals surface area (Å²) < 4.78 is 44.9. The monoisotopic (exact) mass is 480 g/mol. The van der Waals surface area contributed by atoms with E-state index in [1.807, 2.05) is 0 Å². The summed E-state index contributed by atoms with van der Waals surface area (Å²) in [5.74, 6) is -1.32. The van der Waals surface area contributed by atoms with Gasteiger partial charge in [0.05, 0.1) is 17.1 Å². The van der Waals surface area contributed by atoms with E-state index >= 15 is 0 Å². The number of carbonyl (C=O) groups is 2. The minimum atomic E-state index is -3.70. The van der Waals surface area contributed by atoms with Crippen molar-refractivity contribution in [1.29, 1.82) is 0 Å². The van der Waals surface area contributed by atoms with Crippen LogP contribution in [0.25, 0.3) is 11.0 Å². The fourth-order valence-corrected chi connectivity index (χ4v) is 4.37. The second-order valence-corrected chi connectivity index (χ2v) is 9.88. The number of para-hydroxylation sites is 1. The van der Waals surface area contributed by atoms with Crippen molar-refractivity contribution in [3.05, 3.63) is 95.5 Å². The molecule has 0 saturated carbocycles. The van der Waals surface area contributed by atoms with Crippen LogP contribution in [0, 0.1) is 5.82 Å². The SMILES string of the molecule is CN(C)S(=O)(=O)c1cccc(C(=O)CNc2c(C(=O)c3ccc(F)cc3)oc3ccccc23)c1. The highest BCUT2D eigenvalue weighted by Gasteiger charge is 2.23. The van der Waals surface area contributed by atoms with Crippen LogP contribution in [0.15, 0.2) is 82.1 Å². The van der Waals surface area contributed by atoms with Crippen LogP contribution in [-0.4, -0.2) is 44.9 Å². The highest BCUT2D eigenvalue weighted by molar-refractivity contribution is 7.89. The maximum Gasteiger partial charge on any atom is 0.242 e. The Kier molecular flexibility index (Phi) is 6.32. The van der Waals surface area contributed by atoms with Crippen LogP contribution in [0.5, 0.6) is 0 Å². The first-order valence-electron chi connectivity index (χ1n) is 10.3. The number of nitrogens with one attached hydrogen (secondary N) is 1. The largest absolute Gasteiger partial charge is 0.450 e. The summed E-state index contributed by atoms with van der Waals surface area (Å²) in [4.78, 5) is 26.0. The summed E-state index contributed by atoms with van der Waals surface area (Å²) in [5.41, 5.74) is 1.21. The van der Waals surface area contributed by atoms with E-state index in [1.54, 1.807) is 24.3 Å². The number of rotatable bonds is 8. The van der Waals surface area contributed by atoms with Gasteiger partial charge in [-0.2, -0.15) is 0 Å². The van der Waals surface area contributed by atoms with E-state index in [0.717, 1.165) is 4.31 Å². The van der Waals surface area contributed by atoms with E-state index in [9.17, 15) is 22.4 Å². The topological polar surface area (TPSA) is 96.7 Å². The van der Waals surface area contributed by atoms with Gasteiger partial charge in [0.2, 0.25) is 15.8 Å². The second kappa shape index (κ2) is 9.20. The van der Waals surface area contributed by atoms with Gasteiger partial charge in [0.15, 0.2) is 11.5 Å². The number of nitrogens with zero attached hydrogens (tertiary/aromatic N) is 1. The van der Waals surface area contributed by atoms with Crippen molar-refractivity contribution in [2.75, 3.05) is 26.0 Å². The molecule has 34 heavy (non-hydrogen) atoms. The van der Waals surface area contributed by atoms with Crippen LogP contribution in [0.3, 0.4) is 0 Å². The Morgan fingerprint density at radius 1 is 0.941 bits per heavy atom. The number of fused-ring (bicyclic) bond motifs is 1. The molecule has 7 nitrogen and oxygen atoms in total. The number of halogens is 1. The molecule has 1 heterocycles. The Labute approximate surface area is 195 Å². The van der Waals surface area contributed by atoms with Crippen LogP contribution < -0.4 is 5.32 Å². The number of furan rings is 1. The number of ketones is 2. The van der Waals surface area contributed by atoms with Gasteiger partial charge in [0.25, 0.3) is 0 Å². The van der Waals surface area contributed by atoms with Crippen LogP contribution in [0.2, 0.25) is 0 Å². The van der Waals surface area contributed by atoms with Crippen molar-refractivity contribution in [2.45, 2.75) is 4.90 Å². The molecule has 4 aromatic rings. The summed E-state index contributed by atoms with van der Waals surface area (Å²) in [6.45, 7) is -0.210. The zero-order valence-corrected chi connectivity index (χ0v) is 19.2. The Morgan fingerprint density at radius 3 is 2.35 bits per heavy atom. The maximum absolute atomic E-state index is 13.3. The molecular formula is C25H21FN2O5S. The van der Waals surface area contributed by atoms with Crippen molar-refractivity contribution in [2.24, 2.45) is 0 Å². The van der Waals surface area contributed by atoms with E-state index in [1.165, 1.54) is 62.6 Å². The number of Topliss-reactive ketones (excluding diaryl/α,β-unsaturated/α-hetero) is 1. The molecule has 3 aromatic carbocycles. The molecule has 0 amide bonds. The van der Waals surface area contributed by atoms with Gasteiger partial charge < -0.3 is 9.73 Å². The number of hydrogen-bond acceptors (Lipinski definition) is 6. The molecule has 0 unspecified atom stereocenters. The third kappa shape index (κ3) is 4.48. The molecule has 1 N–H and O–H groups in total. The molecule has 0 bridgehead atoms. The molecule has 0 aliphatic rings. The highest BCUT2D eigenvalue weighted by atomic mass is 32.2. The smallest absolute Gasteiger partial charge is 0.242 e. The Bertz CT molecular complexity index is 1490. The number of benzene rings is 3. The average molecular weight is 481 g/mol. The molecular weight excluding hydrogens is 459 g/mol. The zero-order chi connectivity index (χ0) is 24.5. The summed E-state index contributed by atoms with van der Waals surface area (Å²) in [6, 6.07) is 17.8. The van der Waals surface area contributed by atoms with Crippen molar-refractivity contribution >= 4 is 38.2 Å². The van der Waals surface area contributed by atoms with Crippen LogP contribution >= 0.6 is 0 Å². The molecule has 1 aromatic heterocycles. The number of carbonyl (C=O) groups excluding carboxylic acids is 2. The quantitative estimate of drug-likeness (QED) is 0.377. The van der Waals surface area contributed by atoms with Gasteiger partial charge >= 0.3 is 0 Å². The second-order valence-electron chi connectivity index (χ2n) is 7.73. The predicted molar refractivity (Wildman–Crippen MR) is 126 cm³/mol. The van der Waals surface area contributed by atoms with Gasteiger partial charge in [0.1, 0.15) is 11.4 Å². The summed E-state index contributed by atoms with van der Waals surface area (Å²) in [6.07, 6.45) is 0. The van der Waals surface area contributed by atoms with Gasteiger partial charge in [-0.3, -0.25) is 9.59 Å². The minimum Gasteiger partial charge on any atom is -0.450 e. The standard InChI is InChI=1S/C25H21FN2O5S/c1-28(2)34(31,32)19-7-5-6-17(14-19)21(29)15-27-23-20-8-3-4-9-22(20)33-25(23)24(30)16-10-12-18(26)13-11-16/h3-14,27H,15H2,1-2H3. The number of sulfonamides is 1. The molecule has 9 heteroatoms. The normalized spacial score (nSPS) is 11.6. The Morgan fingerprint density at radius 2 is 1.65 bits per heavy atom. The molecule has 174 valence electrons. The summed E-state index contributed by atoms with van der Waals surface area (Å²) in [5, 5.41) is 3.58. The van der Waals surface area contributed by atoms with Gasteiger partial charge in [-0.25, -0.2) is 17.1 Å². The maximum atomic E-state index is 13.3.